The lowest BCUT2D eigenvalue weighted by atomic mass is 10.0. The van der Waals surface area contributed by atoms with Crippen LogP contribution in [-0.2, 0) is 9.53 Å². The van der Waals surface area contributed by atoms with Crippen molar-refractivity contribution in [2.24, 2.45) is 5.92 Å². The Labute approximate surface area is 109 Å². The van der Waals surface area contributed by atoms with Gasteiger partial charge in [-0.1, -0.05) is 13.8 Å². The Morgan fingerprint density at radius 2 is 2.00 bits per heavy atom. The quantitative estimate of drug-likeness (QED) is 0.783. The number of nitrogens with one attached hydrogen (secondary N) is 1. The van der Waals surface area contributed by atoms with Gasteiger partial charge in [-0.3, -0.25) is 0 Å². The number of nitrogens with zero attached hydrogens (tertiary/aromatic N) is 1. The first kappa shape index (κ1) is 14.8. The van der Waals surface area contributed by atoms with Crippen LogP contribution in [0.15, 0.2) is 0 Å². The number of rotatable bonds is 3. The van der Waals surface area contributed by atoms with Gasteiger partial charge in [0.1, 0.15) is 6.04 Å². The van der Waals surface area contributed by atoms with Gasteiger partial charge in [-0.15, -0.1) is 0 Å². The Hall–Kier alpha value is -1.26. The summed E-state index contributed by atoms with van der Waals surface area (Å²) < 4.78 is 4.72. The first-order valence-electron chi connectivity index (χ1n) is 6.62. The van der Waals surface area contributed by atoms with Crippen LogP contribution in [0, 0.1) is 5.92 Å². The number of ether oxygens (including phenoxy) is 1. The minimum atomic E-state index is -0.573. The molecule has 0 aromatic carbocycles. The largest absolute Gasteiger partial charge is 0.467 e. The molecule has 1 aliphatic rings. The second kappa shape index (κ2) is 6.61. The van der Waals surface area contributed by atoms with Crippen molar-refractivity contribution in [3.8, 4) is 0 Å². The molecular weight excluding hydrogens is 232 g/mol. The summed E-state index contributed by atoms with van der Waals surface area (Å²) in [6, 6.07) is -0.493. The third kappa shape index (κ3) is 3.62. The van der Waals surface area contributed by atoms with E-state index in [1.807, 2.05) is 25.7 Å². The van der Waals surface area contributed by atoms with Gasteiger partial charge in [-0.2, -0.15) is 0 Å². The minimum Gasteiger partial charge on any atom is -0.467 e. The maximum Gasteiger partial charge on any atom is 0.328 e. The number of esters is 1. The van der Waals surface area contributed by atoms with Gasteiger partial charge in [0.05, 0.1) is 7.11 Å². The Balaban J connectivity index is 2.63. The molecule has 18 heavy (non-hydrogen) atoms. The highest BCUT2D eigenvalue weighted by molar-refractivity contribution is 5.83. The molecule has 5 heteroatoms. The molecule has 104 valence electrons. The maximum absolute atomic E-state index is 12.2. The first-order valence-corrected chi connectivity index (χ1v) is 6.62. The number of hydrogen-bond acceptors (Lipinski definition) is 3. The zero-order valence-corrected chi connectivity index (χ0v) is 11.7. The van der Waals surface area contributed by atoms with Gasteiger partial charge in [0.2, 0.25) is 0 Å². The van der Waals surface area contributed by atoms with Gasteiger partial charge in [0.15, 0.2) is 0 Å². The standard InChI is InChI=1S/C13H24N2O3/c1-9(2)11(12(16)18-4)14-13(17)15-8-6-5-7-10(15)3/h9-11H,5-8H2,1-4H3,(H,14,17)/t10-,11+/m1/s1. The number of amides is 2. The Kier molecular flexibility index (Phi) is 5.44. The molecule has 1 N–H and O–H groups in total. The van der Waals surface area contributed by atoms with Crippen LogP contribution in [0.5, 0.6) is 0 Å². The van der Waals surface area contributed by atoms with Crippen molar-refractivity contribution < 1.29 is 14.3 Å². The highest BCUT2D eigenvalue weighted by Gasteiger charge is 2.29. The van der Waals surface area contributed by atoms with Crippen LogP contribution in [0.25, 0.3) is 0 Å². The molecule has 0 spiro atoms. The van der Waals surface area contributed by atoms with Crippen molar-refractivity contribution in [2.45, 2.75) is 52.1 Å². The Bertz CT molecular complexity index is 305. The molecule has 1 saturated heterocycles. The predicted molar refractivity (Wildman–Crippen MR) is 69.2 cm³/mol. The number of carbonyl (C=O) groups is 2. The molecular formula is C13H24N2O3. The molecule has 5 nitrogen and oxygen atoms in total. The number of likely N-dealkylation sites (tertiary alicyclic amines) is 1. The molecule has 1 rings (SSSR count). The fourth-order valence-corrected chi connectivity index (χ4v) is 2.24. The van der Waals surface area contributed by atoms with Crippen molar-refractivity contribution in [3.63, 3.8) is 0 Å². The summed E-state index contributed by atoms with van der Waals surface area (Å²) >= 11 is 0. The summed E-state index contributed by atoms with van der Waals surface area (Å²) in [5, 5.41) is 2.78. The molecule has 0 aromatic heterocycles. The molecule has 2 atom stereocenters. The lowest BCUT2D eigenvalue weighted by molar-refractivity contribution is -0.144. The van der Waals surface area contributed by atoms with Crippen molar-refractivity contribution in [3.05, 3.63) is 0 Å². The van der Waals surface area contributed by atoms with E-state index in [0.717, 1.165) is 25.8 Å². The highest BCUT2D eigenvalue weighted by atomic mass is 16.5. The zero-order valence-electron chi connectivity index (χ0n) is 11.7. The smallest absolute Gasteiger partial charge is 0.328 e. The van der Waals surface area contributed by atoms with Crippen molar-refractivity contribution in [1.82, 2.24) is 10.2 Å². The van der Waals surface area contributed by atoms with Crippen LogP contribution >= 0.6 is 0 Å². The van der Waals surface area contributed by atoms with Crippen LogP contribution in [-0.4, -0.2) is 42.6 Å². The molecule has 0 unspecified atom stereocenters. The van der Waals surface area contributed by atoms with Gasteiger partial charge in [-0.05, 0) is 32.1 Å². The minimum absolute atomic E-state index is 0.0153. The fourth-order valence-electron chi connectivity index (χ4n) is 2.24. The molecule has 1 aliphatic heterocycles. The van der Waals surface area contributed by atoms with E-state index in [2.05, 4.69) is 5.32 Å². The van der Waals surface area contributed by atoms with E-state index in [-0.39, 0.29) is 24.0 Å². The third-order valence-electron chi connectivity index (χ3n) is 3.46. The number of carbonyl (C=O) groups excluding carboxylic acids is 2. The molecule has 0 aliphatic carbocycles. The maximum atomic E-state index is 12.2. The summed E-state index contributed by atoms with van der Waals surface area (Å²) in [6.45, 7) is 6.59. The third-order valence-corrected chi connectivity index (χ3v) is 3.46. The second-order valence-corrected chi connectivity index (χ2v) is 5.23. The SMILES string of the molecule is COC(=O)[C@@H](NC(=O)N1CCCC[C@H]1C)C(C)C. The van der Waals surface area contributed by atoms with E-state index in [1.165, 1.54) is 7.11 Å². The molecule has 1 fully saturated rings. The zero-order chi connectivity index (χ0) is 13.7. The summed E-state index contributed by atoms with van der Waals surface area (Å²) in [7, 11) is 1.34. The molecule has 1 heterocycles. The van der Waals surface area contributed by atoms with Crippen LogP contribution < -0.4 is 5.32 Å². The van der Waals surface area contributed by atoms with Crippen LogP contribution in [0.2, 0.25) is 0 Å². The van der Waals surface area contributed by atoms with E-state index in [0.29, 0.717) is 0 Å². The average Bonchev–Trinajstić information content (AvgIpc) is 2.35. The van der Waals surface area contributed by atoms with E-state index < -0.39 is 6.04 Å². The normalized spacial score (nSPS) is 21.6. The number of piperidine rings is 1. The number of hydrogen-bond donors (Lipinski definition) is 1. The van der Waals surface area contributed by atoms with Crippen LogP contribution in [0.1, 0.15) is 40.0 Å². The van der Waals surface area contributed by atoms with Gasteiger partial charge in [0, 0.05) is 12.6 Å². The van der Waals surface area contributed by atoms with Crippen molar-refractivity contribution in [1.29, 1.82) is 0 Å². The fraction of sp³-hybridized carbons (Fsp3) is 0.846. The lowest BCUT2D eigenvalue weighted by Gasteiger charge is -2.34. The summed E-state index contributed by atoms with van der Waals surface area (Å²) in [4.78, 5) is 25.6. The monoisotopic (exact) mass is 256 g/mol. The lowest BCUT2D eigenvalue weighted by Crippen LogP contribution is -2.53. The van der Waals surface area contributed by atoms with Gasteiger partial charge in [0.25, 0.3) is 0 Å². The highest BCUT2D eigenvalue weighted by Crippen LogP contribution is 2.16. The van der Waals surface area contributed by atoms with Gasteiger partial charge < -0.3 is 15.0 Å². The summed E-state index contributed by atoms with van der Waals surface area (Å²) in [6.07, 6.45) is 3.22. The van der Waals surface area contributed by atoms with Crippen molar-refractivity contribution >= 4 is 12.0 Å². The predicted octanol–water partition coefficient (Wildman–Crippen LogP) is 1.77. The van der Waals surface area contributed by atoms with Gasteiger partial charge >= 0.3 is 12.0 Å². The van der Waals surface area contributed by atoms with E-state index in [9.17, 15) is 9.59 Å². The van der Waals surface area contributed by atoms with E-state index in [4.69, 9.17) is 4.74 Å². The molecule has 0 bridgehead atoms. The summed E-state index contributed by atoms with van der Waals surface area (Å²) in [5.74, 6) is -0.371. The number of urea groups is 1. The molecule has 2 amide bonds. The Morgan fingerprint density at radius 3 is 2.50 bits per heavy atom. The van der Waals surface area contributed by atoms with Crippen molar-refractivity contribution in [2.75, 3.05) is 13.7 Å². The molecule has 0 aromatic rings. The van der Waals surface area contributed by atoms with Crippen LogP contribution in [0.3, 0.4) is 0 Å². The van der Waals surface area contributed by atoms with E-state index >= 15 is 0 Å². The molecule has 0 saturated carbocycles. The first-order chi connectivity index (χ1) is 8.47. The molecule has 0 radical (unpaired) electrons. The number of methoxy groups -OCH3 is 1. The average molecular weight is 256 g/mol. The second-order valence-electron chi connectivity index (χ2n) is 5.23. The summed E-state index contributed by atoms with van der Waals surface area (Å²) in [5.41, 5.74) is 0. The van der Waals surface area contributed by atoms with Crippen LogP contribution in [0.4, 0.5) is 4.79 Å². The topological polar surface area (TPSA) is 58.6 Å². The van der Waals surface area contributed by atoms with E-state index in [1.54, 1.807) is 0 Å². The van der Waals surface area contributed by atoms with Gasteiger partial charge in [-0.25, -0.2) is 9.59 Å². The Morgan fingerprint density at radius 1 is 1.33 bits per heavy atom.